The highest BCUT2D eigenvalue weighted by Crippen LogP contribution is 2.09. The summed E-state index contributed by atoms with van der Waals surface area (Å²) in [6.07, 6.45) is 0.833. The van der Waals surface area contributed by atoms with Gasteiger partial charge >= 0.3 is 0 Å². The van der Waals surface area contributed by atoms with Crippen molar-refractivity contribution in [3.63, 3.8) is 0 Å². The van der Waals surface area contributed by atoms with Crippen molar-refractivity contribution < 1.29 is 9.90 Å². The van der Waals surface area contributed by atoms with Gasteiger partial charge in [0.15, 0.2) is 0 Å². The van der Waals surface area contributed by atoms with Crippen molar-refractivity contribution in [2.75, 3.05) is 36.3 Å². The summed E-state index contributed by atoms with van der Waals surface area (Å²) >= 11 is 3.52. The van der Waals surface area contributed by atoms with Gasteiger partial charge in [-0.1, -0.05) is 0 Å². The molecule has 1 rings (SSSR count). The van der Waals surface area contributed by atoms with Crippen molar-refractivity contribution >= 4 is 29.4 Å². The molecular weight excluding hydrogens is 232 g/mol. The van der Waals surface area contributed by atoms with E-state index in [1.165, 1.54) is 0 Å². The number of nitrogens with one attached hydrogen (secondary N) is 2. The van der Waals surface area contributed by atoms with Crippen LogP contribution in [0.15, 0.2) is 0 Å². The smallest absolute Gasteiger partial charge is 0.238 e. The van der Waals surface area contributed by atoms with Gasteiger partial charge in [-0.25, -0.2) is 0 Å². The monoisotopic (exact) mass is 250 g/mol. The molecule has 4 nitrogen and oxygen atoms in total. The Bertz CT molecular complexity index is 187. The summed E-state index contributed by atoms with van der Waals surface area (Å²) in [5.41, 5.74) is 0. The van der Waals surface area contributed by atoms with Gasteiger partial charge in [0.1, 0.15) is 0 Å². The van der Waals surface area contributed by atoms with Crippen molar-refractivity contribution in [1.29, 1.82) is 0 Å². The van der Waals surface area contributed by atoms with Crippen LogP contribution in [0.2, 0.25) is 0 Å². The molecule has 1 aliphatic rings. The van der Waals surface area contributed by atoms with Crippen LogP contribution in [0.25, 0.3) is 0 Å². The zero-order chi connectivity index (χ0) is 10.9. The third-order valence-electron chi connectivity index (χ3n) is 2.03. The largest absolute Gasteiger partial charge is 0.396 e. The molecule has 0 aromatic heterocycles. The van der Waals surface area contributed by atoms with Gasteiger partial charge in [-0.2, -0.15) is 11.8 Å². The highest BCUT2D eigenvalue weighted by molar-refractivity contribution is 7.99. The molecule has 1 atom stereocenters. The van der Waals surface area contributed by atoms with E-state index in [1.54, 1.807) is 23.5 Å². The molecule has 1 aliphatic heterocycles. The Morgan fingerprint density at radius 1 is 1.60 bits per heavy atom. The molecule has 88 valence electrons. The van der Waals surface area contributed by atoms with Crippen LogP contribution in [0.4, 0.5) is 0 Å². The summed E-state index contributed by atoms with van der Waals surface area (Å²) in [7, 11) is 0. The van der Waals surface area contributed by atoms with Crippen LogP contribution in [0.5, 0.6) is 0 Å². The highest BCUT2D eigenvalue weighted by atomic mass is 32.2. The average Bonchev–Trinajstić information content (AvgIpc) is 2.76. The number of carbonyl (C=O) groups excluding carboxylic acids is 1. The Balaban J connectivity index is 1.92. The van der Waals surface area contributed by atoms with E-state index in [2.05, 4.69) is 10.6 Å². The summed E-state index contributed by atoms with van der Waals surface area (Å²) in [4.78, 5) is 11.5. The molecule has 3 N–H and O–H groups in total. The minimum absolute atomic E-state index is 0.00237. The Hall–Kier alpha value is 0.0900. The van der Waals surface area contributed by atoms with Gasteiger partial charge in [-0.05, 0) is 12.2 Å². The molecule has 0 saturated carbocycles. The summed E-state index contributed by atoms with van der Waals surface area (Å²) in [6.45, 7) is 0.973. The van der Waals surface area contributed by atoms with Gasteiger partial charge in [-0.3, -0.25) is 10.1 Å². The van der Waals surface area contributed by atoms with E-state index in [0.717, 1.165) is 36.1 Å². The molecule has 1 fully saturated rings. The predicted octanol–water partition coefficient (Wildman–Crippen LogP) is -0.119. The first kappa shape index (κ1) is 13.2. The SMILES string of the molecule is O=C(NCCSCCCO)C1CSCN1. The second-order valence-electron chi connectivity index (χ2n) is 3.25. The zero-order valence-electron chi connectivity index (χ0n) is 8.70. The van der Waals surface area contributed by atoms with Crippen molar-refractivity contribution in [2.45, 2.75) is 12.5 Å². The topological polar surface area (TPSA) is 61.4 Å². The van der Waals surface area contributed by atoms with Crippen molar-refractivity contribution in [2.24, 2.45) is 0 Å². The molecule has 0 spiro atoms. The zero-order valence-corrected chi connectivity index (χ0v) is 10.3. The second-order valence-corrected chi connectivity index (χ2v) is 5.51. The molecule has 1 heterocycles. The first-order valence-corrected chi connectivity index (χ1v) is 7.43. The van der Waals surface area contributed by atoms with E-state index in [1.807, 2.05) is 0 Å². The van der Waals surface area contributed by atoms with E-state index in [9.17, 15) is 4.79 Å². The molecule has 0 aromatic carbocycles. The van der Waals surface area contributed by atoms with Gasteiger partial charge < -0.3 is 10.4 Å². The molecule has 0 radical (unpaired) electrons. The first-order chi connectivity index (χ1) is 7.34. The summed E-state index contributed by atoms with van der Waals surface area (Å²) in [6, 6.07) is -0.00237. The molecule has 0 bridgehead atoms. The van der Waals surface area contributed by atoms with Crippen LogP contribution in [0, 0.1) is 0 Å². The minimum atomic E-state index is -0.00237. The number of hydrogen-bond acceptors (Lipinski definition) is 5. The van der Waals surface area contributed by atoms with Crippen LogP contribution >= 0.6 is 23.5 Å². The number of amides is 1. The Morgan fingerprint density at radius 3 is 3.13 bits per heavy atom. The molecule has 1 unspecified atom stereocenters. The number of aliphatic hydroxyl groups excluding tert-OH is 1. The lowest BCUT2D eigenvalue weighted by Crippen LogP contribution is -2.42. The number of carbonyl (C=O) groups is 1. The molecule has 1 amide bonds. The van der Waals surface area contributed by atoms with E-state index in [-0.39, 0.29) is 18.6 Å². The van der Waals surface area contributed by atoms with Crippen LogP contribution in [0.3, 0.4) is 0 Å². The van der Waals surface area contributed by atoms with Crippen molar-refractivity contribution in [3.8, 4) is 0 Å². The van der Waals surface area contributed by atoms with Crippen molar-refractivity contribution in [1.82, 2.24) is 10.6 Å². The fraction of sp³-hybridized carbons (Fsp3) is 0.889. The Kier molecular flexibility index (Phi) is 7.25. The Labute approximate surface area is 99.0 Å². The molecular formula is C9H18N2O2S2. The molecule has 0 aliphatic carbocycles. The van der Waals surface area contributed by atoms with Crippen molar-refractivity contribution in [3.05, 3.63) is 0 Å². The fourth-order valence-electron chi connectivity index (χ4n) is 1.20. The summed E-state index contributed by atoms with van der Waals surface area (Å²) in [5.74, 6) is 3.75. The fourth-order valence-corrected chi connectivity index (χ4v) is 2.93. The summed E-state index contributed by atoms with van der Waals surface area (Å²) < 4.78 is 0. The number of hydrogen-bond donors (Lipinski definition) is 3. The predicted molar refractivity (Wildman–Crippen MR) is 66.3 cm³/mol. The van der Waals surface area contributed by atoms with Crippen LogP contribution in [-0.4, -0.2) is 53.3 Å². The van der Waals surface area contributed by atoms with Gasteiger partial charge in [0.2, 0.25) is 5.91 Å². The van der Waals surface area contributed by atoms with E-state index >= 15 is 0 Å². The normalized spacial score (nSPS) is 20.5. The quantitative estimate of drug-likeness (QED) is 0.550. The highest BCUT2D eigenvalue weighted by Gasteiger charge is 2.21. The lowest BCUT2D eigenvalue weighted by molar-refractivity contribution is -0.122. The van der Waals surface area contributed by atoms with E-state index in [0.29, 0.717) is 0 Å². The van der Waals surface area contributed by atoms with Crippen LogP contribution in [0.1, 0.15) is 6.42 Å². The third kappa shape index (κ3) is 5.65. The van der Waals surface area contributed by atoms with E-state index < -0.39 is 0 Å². The summed E-state index contributed by atoms with van der Waals surface area (Å²) in [5, 5.41) is 14.6. The number of thioether (sulfide) groups is 2. The first-order valence-electron chi connectivity index (χ1n) is 5.12. The lowest BCUT2D eigenvalue weighted by atomic mass is 10.3. The third-order valence-corrected chi connectivity index (χ3v) is 4.04. The van der Waals surface area contributed by atoms with Gasteiger partial charge in [0, 0.05) is 30.5 Å². The standard InChI is InChI=1S/C9H18N2O2S2/c12-3-1-4-14-5-2-10-9(13)8-6-15-7-11-8/h8,11-12H,1-7H2,(H,10,13). The lowest BCUT2D eigenvalue weighted by Gasteiger charge is -2.09. The molecule has 15 heavy (non-hydrogen) atoms. The van der Waals surface area contributed by atoms with Crippen LogP contribution < -0.4 is 10.6 Å². The maximum atomic E-state index is 11.5. The molecule has 1 saturated heterocycles. The van der Waals surface area contributed by atoms with Gasteiger partial charge in [0.25, 0.3) is 0 Å². The van der Waals surface area contributed by atoms with Crippen LogP contribution in [-0.2, 0) is 4.79 Å². The second kappa shape index (κ2) is 8.27. The number of aliphatic hydroxyl groups is 1. The van der Waals surface area contributed by atoms with Gasteiger partial charge in [0.05, 0.1) is 6.04 Å². The average molecular weight is 250 g/mol. The minimum Gasteiger partial charge on any atom is -0.396 e. The Morgan fingerprint density at radius 2 is 2.47 bits per heavy atom. The maximum absolute atomic E-state index is 11.5. The maximum Gasteiger partial charge on any atom is 0.238 e. The van der Waals surface area contributed by atoms with Gasteiger partial charge in [-0.15, -0.1) is 11.8 Å². The molecule has 0 aromatic rings. The molecule has 6 heteroatoms. The van der Waals surface area contributed by atoms with E-state index in [4.69, 9.17) is 5.11 Å². The number of rotatable bonds is 7.